The molecular formula is C21H32F2N4O6. The molecule has 0 aliphatic rings. The lowest BCUT2D eigenvalue weighted by Crippen LogP contribution is -2.57. The van der Waals surface area contributed by atoms with Crippen molar-refractivity contribution in [3.05, 3.63) is 35.4 Å². The van der Waals surface area contributed by atoms with Crippen LogP contribution in [0, 0.1) is 11.6 Å². The molecule has 1 aromatic carbocycles. The minimum absolute atomic E-state index is 0.0643. The van der Waals surface area contributed by atoms with Crippen molar-refractivity contribution in [1.82, 2.24) is 15.5 Å². The van der Waals surface area contributed by atoms with E-state index in [-0.39, 0.29) is 31.6 Å². The fourth-order valence-corrected chi connectivity index (χ4v) is 3.06. The highest BCUT2D eigenvalue weighted by molar-refractivity contribution is 5.91. The smallest absolute Gasteiger partial charge is 0.405 e. The summed E-state index contributed by atoms with van der Waals surface area (Å²) in [6.45, 7) is 5.94. The van der Waals surface area contributed by atoms with E-state index in [2.05, 4.69) is 5.32 Å². The van der Waals surface area contributed by atoms with Crippen LogP contribution in [0.4, 0.5) is 13.6 Å². The molecule has 0 fully saturated rings. The first-order chi connectivity index (χ1) is 15.7. The van der Waals surface area contributed by atoms with Gasteiger partial charge in [0.1, 0.15) is 12.1 Å². The minimum atomic E-state index is -1.46. The van der Waals surface area contributed by atoms with Gasteiger partial charge in [-0.3, -0.25) is 9.59 Å². The van der Waals surface area contributed by atoms with E-state index in [1.165, 1.54) is 11.0 Å². The van der Waals surface area contributed by atoms with Crippen LogP contribution in [0.15, 0.2) is 18.2 Å². The molecule has 0 radical (unpaired) electrons. The standard InChI is InChI=1S/C21H32F2N4O6/c1-4-27(12-18(32-5-2)33-6-3)20(29)16(10-13-7-8-14(22)15(23)9-13)25-19(28)17(11-24)26-21(30)31/h7-9,16-18,26H,4-6,10-12,24H2,1-3H3,(H,25,28)(H,30,31). The van der Waals surface area contributed by atoms with Crippen LogP contribution in [0.25, 0.3) is 0 Å². The summed E-state index contributed by atoms with van der Waals surface area (Å²) in [5.74, 6) is -3.52. The average molecular weight is 475 g/mol. The van der Waals surface area contributed by atoms with Gasteiger partial charge in [-0.25, -0.2) is 13.6 Å². The van der Waals surface area contributed by atoms with Gasteiger partial charge in [0, 0.05) is 32.7 Å². The Morgan fingerprint density at radius 1 is 1.06 bits per heavy atom. The second-order valence-corrected chi connectivity index (χ2v) is 6.97. The number of carboxylic acid groups (broad SMARTS) is 1. The molecule has 0 heterocycles. The molecule has 33 heavy (non-hydrogen) atoms. The molecule has 12 heteroatoms. The summed E-state index contributed by atoms with van der Waals surface area (Å²) in [5.41, 5.74) is 5.73. The summed E-state index contributed by atoms with van der Waals surface area (Å²) < 4.78 is 38.0. The number of hydrogen-bond donors (Lipinski definition) is 4. The van der Waals surface area contributed by atoms with E-state index in [4.69, 9.17) is 20.3 Å². The van der Waals surface area contributed by atoms with Crippen LogP contribution in [0.5, 0.6) is 0 Å². The Bertz CT molecular complexity index is 792. The fraction of sp³-hybridized carbons (Fsp3) is 0.571. The topological polar surface area (TPSA) is 143 Å². The fourth-order valence-electron chi connectivity index (χ4n) is 3.06. The van der Waals surface area contributed by atoms with Crippen molar-refractivity contribution in [2.24, 2.45) is 5.73 Å². The molecule has 2 atom stereocenters. The summed E-state index contributed by atoms with van der Waals surface area (Å²) in [4.78, 5) is 38.2. The number of ether oxygens (including phenoxy) is 2. The molecule has 0 bridgehead atoms. The van der Waals surface area contributed by atoms with E-state index in [1.807, 2.05) is 5.32 Å². The Balaban J connectivity index is 3.16. The lowest BCUT2D eigenvalue weighted by molar-refractivity contribution is -0.160. The Kier molecular flexibility index (Phi) is 12.3. The number of likely N-dealkylation sites (N-methyl/N-ethyl adjacent to an activating group) is 1. The van der Waals surface area contributed by atoms with Gasteiger partial charge in [-0.15, -0.1) is 0 Å². The van der Waals surface area contributed by atoms with Gasteiger partial charge >= 0.3 is 6.09 Å². The summed E-state index contributed by atoms with van der Waals surface area (Å²) in [5, 5.41) is 13.3. The second-order valence-electron chi connectivity index (χ2n) is 6.97. The Hall–Kier alpha value is -2.83. The number of nitrogens with two attached hydrogens (primary N) is 1. The molecule has 2 unspecified atom stereocenters. The zero-order valence-corrected chi connectivity index (χ0v) is 19.0. The highest BCUT2D eigenvalue weighted by Gasteiger charge is 2.30. The number of nitrogens with one attached hydrogen (secondary N) is 2. The third kappa shape index (κ3) is 9.28. The molecular weight excluding hydrogens is 442 g/mol. The van der Waals surface area contributed by atoms with Crippen molar-refractivity contribution in [2.45, 2.75) is 45.6 Å². The predicted molar refractivity (Wildman–Crippen MR) is 115 cm³/mol. The number of amides is 3. The highest BCUT2D eigenvalue weighted by Crippen LogP contribution is 2.13. The van der Waals surface area contributed by atoms with Crippen LogP contribution in [0.2, 0.25) is 0 Å². The molecule has 5 N–H and O–H groups in total. The average Bonchev–Trinajstić information content (AvgIpc) is 2.77. The monoisotopic (exact) mass is 474 g/mol. The Morgan fingerprint density at radius 2 is 1.70 bits per heavy atom. The largest absolute Gasteiger partial charge is 0.465 e. The molecule has 186 valence electrons. The van der Waals surface area contributed by atoms with E-state index < -0.39 is 47.9 Å². The number of halogens is 2. The molecule has 0 aromatic heterocycles. The summed E-state index contributed by atoms with van der Waals surface area (Å²) >= 11 is 0. The van der Waals surface area contributed by atoms with Gasteiger partial charge in [-0.1, -0.05) is 6.07 Å². The molecule has 0 saturated carbocycles. The minimum Gasteiger partial charge on any atom is -0.465 e. The van der Waals surface area contributed by atoms with Gasteiger partial charge in [-0.2, -0.15) is 0 Å². The Morgan fingerprint density at radius 3 is 2.18 bits per heavy atom. The van der Waals surface area contributed by atoms with Gasteiger partial charge in [0.05, 0.1) is 6.54 Å². The highest BCUT2D eigenvalue weighted by atomic mass is 19.2. The van der Waals surface area contributed by atoms with Crippen LogP contribution < -0.4 is 16.4 Å². The van der Waals surface area contributed by atoms with Crippen LogP contribution in [0.1, 0.15) is 26.3 Å². The molecule has 0 spiro atoms. The summed E-state index contributed by atoms with van der Waals surface area (Å²) in [6, 6.07) is 0.617. The Labute approximate surface area is 191 Å². The number of rotatable bonds is 14. The number of carbonyl (C=O) groups is 3. The van der Waals surface area contributed by atoms with Gasteiger partial charge in [0.25, 0.3) is 0 Å². The van der Waals surface area contributed by atoms with Crippen molar-refractivity contribution >= 4 is 17.9 Å². The quantitative estimate of drug-likeness (QED) is 0.293. The van der Waals surface area contributed by atoms with Gasteiger partial charge in [0.2, 0.25) is 11.8 Å². The number of nitrogens with zero attached hydrogens (tertiary/aromatic N) is 1. The molecule has 1 aromatic rings. The van der Waals surface area contributed by atoms with Crippen molar-refractivity contribution in [2.75, 3.05) is 32.8 Å². The second kappa shape index (κ2) is 14.3. The normalized spacial score (nSPS) is 12.8. The van der Waals surface area contributed by atoms with Crippen LogP contribution >= 0.6 is 0 Å². The third-order valence-electron chi connectivity index (χ3n) is 4.66. The molecule has 0 aliphatic heterocycles. The van der Waals surface area contributed by atoms with Crippen molar-refractivity contribution in [3.63, 3.8) is 0 Å². The lowest BCUT2D eigenvalue weighted by atomic mass is 10.0. The van der Waals surface area contributed by atoms with Crippen LogP contribution in [-0.2, 0) is 25.5 Å². The first-order valence-electron chi connectivity index (χ1n) is 10.6. The van der Waals surface area contributed by atoms with E-state index in [0.717, 1.165) is 12.1 Å². The van der Waals surface area contributed by atoms with E-state index in [1.54, 1.807) is 20.8 Å². The van der Waals surface area contributed by atoms with Crippen molar-refractivity contribution in [1.29, 1.82) is 0 Å². The first kappa shape index (κ1) is 28.2. The zero-order valence-electron chi connectivity index (χ0n) is 19.0. The maximum Gasteiger partial charge on any atom is 0.405 e. The third-order valence-corrected chi connectivity index (χ3v) is 4.66. The van der Waals surface area contributed by atoms with Crippen molar-refractivity contribution < 1.29 is 37.7 Å². The van der Waals surface area contributed by atoms with Gasteiger partial charge < -0.3 is 35.8 Å². The maximum absolute atomic E-state index is 13.7. The van der Waals surface area contributed by atoms with Gasteiger partial charge in [-0.05, 0) is 38.5 Å². The molecule has 1 rings (SSSR count). The molecule has 10 nitrogen and oxygen atoms in total. The van der Waals surface area contributed by atoms with Crippen LogP contribution in [-0.4, -0.2) is 79.1 Å². The van der Waals surface area contributed by atoms with E-state index >= 15 is 0 Å². The number of carbonyl (C=O) groups excluding carboxylic acids is 2. The SMILES string of the molecule is CCOC(CN(CC)C(=O)C(Cc1ccc(F)c(F)c1)NC(=O)C(CN)NC(=O)O)OCC. The lowest BCUT2D eigenvalue weighted by Gasteiger charge is -2.30. The summed E-state index contributed by atoms with van der Waals surface area (Å²) in [6.07, 6.45) is -2.33. The number of benzene rings is 1. The first-order valence-corrected chi connectivity index (χ1v) is 10.6. The predicted octanol–water partition coefficient (Wildman–Crippen LogP) is 0.835. The zero-order chi connectivity index (χ0) is 25.0. The molecule has 0 aliphatic carbocycles. The van der Waals surface area contributed by atoms with Gasteiger partial charge in [0.15, 0.2) is 17.9 Å². The van der Waals surface area contributed by atoms with Crippen LogP contribution in [0.3, 0.4) is 0 Å². The van der Waals surface area contributed by atoms with E-state index in [9.17, 15) is 23.2 Å². The molecule has 0 saturated heterocycles. The number of hydrogen-bond acceptors (Lipinski definition) is 6. The van der Waals surface area contributed by atoms with Crippen molar-refractivity contribution in [3.8, 4) is 0 Å². The molecule has 3 amide bonds. The van der Waals surface area contributed by atoms with E-state index in [0.29, 0.717) is 13.2 Å². The summed E-state index contributed by atoms with van der Waals surface area (Å²) in [7, 11) is 0. The maximum atomic E-state index is 13.7.